The summed E-state index contributed by atoms with van der Waals surface area (Å²) in [5, 5.41) is 3.80. The maximum atomic E-state index is 14.7. The SMILES string of the molecule is Cc1cc(Cl)ccc1C(CC(N=O)c1ccc(=O)n(C)c1)c1ccc(OS(C)(=O)=O)c(F)c1. The van der Waals surface area contributed by atoms with Crippen LogP contribution in [-0.2, 0) is 17.2 Å². The van der Waals surface area contributed by atoms with Crippen LogP contribution in [-0.4, -0.2) is 19.2 Å². The third-order valence-electron chi connectivity index (χ3n) is 5.29. The van der Waals surface area contributed by atoms with Crippen LogP contribution in [0.3, 0.4) is 0 Å². The van der Waals surface area contributed by atoms with Crippen molar-refractivity contribution in [3.63, 3.8) is 0 Å². The molecule has 0 saturated heterocycles. The standard InChI is InChI=1S/C23H22ClFN2O5S/c1-14-10-17(24)6-7-18(14)19(12-21(26-29)16-5-9-23(28)27(2)13-16)15-4-8-22(20(25)11-15)32-33(3,30)31/h4-11,13,19,21H,12H2,1-3H3. The Labute approximate surface area is 195 Å². The highest BCUT2D eigenvalue weighted by Gasteiger charge is 2.25. The molecule has 0 bridgehead atoms. The average Bonchev–Trinajstić information content (AvgIpc) is 2.72. The Hall–Kier alpha value is -3.04. The van der Waals surface area contributed by atoms with E-state index >= 15 is 0 Å². The van der Waals surface area contributed by atoms with Crippen molar-refractivity contribution in [2.45, 2.75) is 25.3 Å². The Morgan fingerprint density at radius 2 is 1.82 bits per heavy atom. The van der Waals surface area contributed by atoms with E-state index in [9.17, 15) is 22.5 Å². The van der Waals surface area contributed by atoms with Gasteiger partial charge in [-0.05, 0) is 65.9 Å². The summed E-state index contributed by atoms with van der Waals surface area (Å²) < 4.78 is 43.5. The molecular formula is C23H22ClFN2O5S. The highest BCUT2D eigenvalue weighted by atomic mass is 35.5. The number of nitroso groups, excluding NO2 is 1. The number of nitrogens with zero attached hydrogens (tertiary/aromatic N) is 2. The Bertz CT molecular complexity index is 1360. The summed E-state index contributed by atoms with van der Waals surface area (Å²) >= 11 is 6.10. The van der Waals surface area contributed by atoms with Gasteiger partial charge in [-0.1, -0.05) is 28.9 Å². The van der Waals surface area contributed by atoms with E-state index in [0.717, 1.165) is 17.4 Å². The highest BCUT2D eigenvalue weighted by Crippen LogP contribution is 2.38. The number of hydrogen-bond acceptors (Lipinski definition) is 6. The number of halogens is 2. The molecular weight excluding hydrogens is 471 g/mol. The number of hydrogen-bond donors (Lipinski definition) is 0. The van der Waals surface area contributed by atoms with Gasteiger partial charge >= 0.3 is 10.1 Å². The Balaban J connectivity index is 2.08. The van der Waals surface area contributed by atoms with Crippen LogP contribution in [0.2, 0.25) is 5.02 Å². The number of pyridine rings is 1. The maximum absolute atomic E-state index is 14.7. The molecule has 1 aromatic heterocycles. The molecule has 1 heterocycles. The van der Waals surface area contributed by atoms with E-state index in [4.69, 9.17) is 11.6 Å². The zero-order valence-corrected chi connectivity index (χ0v) is 19.7. The smallest absolute Gasteiger partial charge is 0.306 e. The molecule has 2 aromatic carbocycles. The lowest BCUT2D eigenvalue weighted by atomic mass is 9.82. The minimum Gasteiger partial charge on any atom is -0.379 e. The van der Waals surface area contributed by atoms with Gasteiger partial charge in [-0.25, -0.2) is 4.39 Å². The minimum atomic E-state index is -3.90. The second-order valence-electron chi connectivity index (χ2n) is 7.80. The zero-order chi connectivity index (χ0) is 24.3. The van der Waals surface area contributed by atoms with Crippen LogP contribution in [0.5, 0.6) is 5.75 Å². The molecule has 0 N–H and O–H groups in total. The van der Waals surface area contributed by atoms with Gasteiger partial charge in [-0.15, -0.1) is 0 Å². The fraction of sp³-hybridized carbons (Fsp3) is 0.261. The van der Waals surface area contributed by atoms with Gasteiger partial charge in [0, 0.05) is 30.3 Å². The third-order valence-corrected chi connectivity index (χ3v) is 6.00. The largest absolute Gasteiger partial charge is 0.379 e. The van der Waals surface area contributed by atoms with Crippen LogP contribution in [0.4, 0.5) is 4.39 Å². The van der Waals surface area contributed by atoms with Crippen molar-refractivity contribution in [2.75, 3.05) is 6.26 Å². The van der Waals surface area contributed by atoms with E-state index in [-0.39, 0.29) is 12.0 Å². The molecule has 2 atom stereocenters. The summed E-state index contributed by atoms with van der Waals surface area (Å²) in [4.78, 5) is 23.5. The first-order chi connectivity index (χ1) is 15.5. The normalized spacial score (nSPS) is 13.4. The molecule has 2 unspecified atom stereocenters. The van der Waals surface area contributed by atoms with Crippen molar-refractivity contribution in [3.05, 3.63) is 103 Å². The van der Waals surface area contributed by atoms with Gasteiger partial charge < -0.3 is 8.75 Å². The van der Waals surface area contributed by atoms with Crippen LogP contribution >= 0.6 is 11.6 Å². The van der Waals surface area contributed by atoms with Crippen molar-refractivity contribution in [1.29, 1.82) is 0 Å². The topological polar surface area (TPSA) is 94.8 Å². The van der Waals surface area contributed by atoms with Crippen molar-refractivity contribution in [1.82, 2.24) is 4.57 Å². The lowest BCUT2D eigenvalue weighted by Crippen LogP contribution is -2.16. The Morgan fingerprint density at radius 3 is 2.39 bits per heavy atom. The molecule has 0 spiro atoms. The first-order valence-corrected chi connectivity index (χ1v) is 12.1. The number of aromatic nitrogens is 1. The van der Waals surface area contributed by atoms with Crippen LogP contribution in [0.15, 0.2) is 64.7 Å². The Morgan fingerprint density at radius 1 is 1.12 bits per heavy atom. The molecule has 174 valence electrons. The molecule has 33 heavy (non-hydrogen) atoms. The van der Waals surface area contributed by atoms with Crippen LogP contribution in [0, 0.1) is 17.6 Å². The van der Waals surface area contributed by atoms with Gasteiger partial charge in [0.05, 0.1) is 6.26 Å². The van der Waals surface area contributed by atoms with E-state index in [1.165, 1.54) is 22.8 Å². The lowest BCUT2D eigenvalue weighted by Gasteiger charge is -2.23. The van der Waals surface area contributed by atoms with Crippen LogP contribution < -0.4 is 9.74 Å². The maximum Gasteiger partial charge on any atom is 0.306 e. The number of rotatable bonds is 8. The first kappa shape index (κ1) is 24.6. The minimum absolute atomic E-state index is 0.176. The highest BCUT2D eigenvalue weighted by molar-refractivity contribution is 7.86. The van der Waals surface area contributed by atoms with E-state index in [0.29, 0.717) is 16.1 Å². The zero-order valence-electron chi connectivity index (χ0n) is 18.2. The second-order valence-corrected chi connectivity index (χ2v) is 9.81. The molecule has 0 radical (unpaired) electrons. The van der Waals surface area contributed by atoms with Gasteiger partial charge in [0.2, 0.25) is 5.56 Å². The molecule has 7 nitrogen and oxygen atoms in total. The van der Waals surface area contributed by atoms with Gasteiger partial charge in [-0.3, -0.25) is 4.79 Å². The van der Waals surface area contributed by atoms with Crippen molar-refractivity contribution in [3.8, 4) is 5.75 Å². The Kier molecular flexibility index (Phi) is 7.34. The van der Waals surface area contributed by atoms with Crippen molar-refractivity contribution >= 4 is 21.7 Å². The lowest BCUT2D eigenvalue weighted by molar-refractivity contribution is 0.465. The molecule has 3 rings (SSSR count). The van der Waals surface area contributed by atoms with E-state index in [2.05, 4.69) is 9.36 Å². The van der Waals surface area contributed by atoms with E-state index < -0.39 is 33.6 Å². The molecule has 0 saturated carbocycles. The number of aryl methyl sites for hydroxylation is 2. The molecule has 0 aliphatic heterocycles. The molecule has 3 aromatic rings. The van der Waals surface area contributed by atoms with Gasteiger partial charge in [0.25, 0.3) is 0 Å². The summed E-state index contributed by atoms with van der Waals surface area (Å²) in [7, 11) is -2.33. The van der Waals surface area contributed by atoms with Crippen molar-refractivity contribution < 1.29 is 17.0 Å². The third kappa shape index (κ3) is 6.06. The van der Waals surface area contributed by atoms with Gasteiger partial charge in [0.15, 0.2) is 11.6 Å². The first-order valence-electron chi connectivity index (χ1n) is 9.92. The molecule has 0 amide bonds. The monoisotopic (exact) mass is 492 g/mol. The molecule has 0 aliphatic carbocycles. The number of benzene rings is 2. The molecule has 10 heteroatoms. The van der Waals surface area contributed by atoms with Gasteiger partial charge in [0.1, 0.15) is 6.04 Å². The summed E-state index contributed by atoms with van der Waals surface area (Å²) in [6, 6.07) is 11.3. The van der Waals surface area contributed by atoms with Gasteiger partial charge in [-0.2, -0.15) is 13.3 Å². The fourth-order valence-corrected chi connectivity index (χ4v) is 4.40. The van der Waals surface area contributed by atoms with Crippen LogP contribution in [0.25, 0.3) is 0 Å². The van der Waals surface area contributed by atoms with E-state index in [1.807, 2.05) is 6.92 Å². The quantitative estimate of drug-likeness (QED) is 0.331. The summed E-state index contributed by atoms with van der Waals surface area (Å²) in [5.41, 5.74) is 2.44. The van der Waals surface area contributed by atoms with E-state index in [1.54, 1.807) is 43.6 Å². The predicted octanol–water partition coefficient (Wildman–Crippen LogP) is 4.85. The second kappa shape index (κ2) is 9.84. The predicted molar refractivity (Wildman–Crippen MR) is 125 cm³/mol. The fourth-order valence-electron chi connectivity index (χ4n) is 3.71. The summed E-state index contributed by atoms with van der Waals surface area (Å²) in [5.74, 6) is -1.76. The average molecular weight is 493 g/mol. The molecule has 0 aliphatic rings. The summed E-state index contributed by atoms with van der Waals surface area (Å²) in [6.07, 6.45) is 2.55. The van der Waals surface area contributed by atoms with Crippen molar-refractivity contribution in [2.24, 2.45) is 12.2 Å². The van der Waals surface area contributed by atoms with Crippen LogP contribution in [0.1, 0.15) is 40.6 Å². The summed E-state index contributed by atoms with van der Waals surface area (Å²) in [6.45, 7) is 1.85. The molecule has 0 fully saturated rings.